The summed E-state index contributed by atoms with van der Waals surface area (Å²) >= 11 is 4.09. The van der Waals surface area contributed by atoms with Crippen LogP contribution in [-0.2, 0) is 0 Å². The van der Waals surface area contributed by atoms with Crippen molar-refractivity contribution in [2.45, 2.75) is 6.92 Å². The number of rotatable bonds is 3. The highest BCUT2D eigenvalue weighted by molar-refractivity contribution is 7.80. The van der Waals surface area contributed by atoms with Crippen molar-refractivity contribution in [1.82, 2.24) is 10.0 Å². The van der Waals surface area contributed by atoms with Gasteiger partial charge in [0.2, 0.25) is 0 Å². The predicted molar refractivity (Wildman–Crippen MR) is 39.9 cm³/mol. The molecule has 0 spiro atoms. The van der Waals surface area contributed by atoms with Crippen molar-refractivity contribution < 1.29 is 0 Å². The molecule has 3 heteroatoms. The molecule has 0 atom stereocenters. The molecule has 0 saturated carbocycles. The maximum atomic E-state index is 4.09. The summed E-state index contributed by atoms with van der Waals surface area (Å²) in [6.45, 7) is 3.15. The summed E-state index contributed by atoms with van der Waals surface area (Å²) in [6.07, 6.45) is 0. The Bertz CT molecular complexity index is 50.4. The largest absolute Gasteiger partial charge is 0.245 e. The Kier molecular flexibility index (Phi) is 4.32. The van der Waals surface area contributed by atoms with E-state index in [1.807, 2.05) is 19.1 Å². The molecular weight excluding hydrogens is 120 g/mol. The molecule has 0 unspecified atom stereocenters. The summed E-state index contributed by atoms with van der Waals surface area (Å²) in [5.41, 5.74) is 0. The first-order chi connectivity index (χ1) is 3.72. The molecule has 0 radical (unpaired) electrons. The van der Waals surface area contributed by atoms with Gasteiger partial charge in [-0.3, -0.25) is 0 Å². The Balaban J connectivity index is 3.29. The van der Waals surface area contributed by atoms with Gasteiger partial charge < -0.3 is 0 Å². The van der Waals surface area contributed by atoms with Crippen LogP contribution in [-0.4, -0.2) is 36.5 Å². The highest BCUT2D eigenvalue weighted by Crippen LogP contribution is 1.89. The average Bonchev–Trinajstić information content (AvgIpc) is 1.84. The first-order valence-corrected chi connectivity index (χ1v) is 3.38. The van der Waals surface area contributed by atoms with Gasteiger partial charge in [0.05, 0.1) is 5.88 Å². The van der Waals surface area contributed by atoms with E-state index >= 15 is 0 Å². The van der Waals surface area contributed by atoms with Crippen molar-refractivity contribution in [3.05, 3.63) is 0 Å². The number of thiol groups is 1. The molecule has 0 rings (SSSR count). The molecule has 2 nitrogen and oxygen atoms in total. The molecule has 50 valence electrons. The van der Waals surface area contributed by atoms with Crippen molar-refractivity contribution in [1.29, 1.82) is 0 Å². The number of nitrogens with zero attached hydrogens (tertiary/aromatic N) is 2. The molecule has 0 N–H and O–H groups in total. The molecule has 0 aliphatic rings. The van der Waals surface area contributed by atoms with Crippen molar-refractivity contribution in [2.75, 3.05) is 26.5 Å². The Morgan fingerprint density at radius 3 is 1.88 bits per heavy atom. The van der Waals surface area contributed by atoms with E-state index in [0.717, 1.165) is 12.4 Å². The van der Waals surface area contributed by atoms with E-state index in [1.165, 1.54) is 0 Å². The lowest BCUT2D eigenvalue weighted by atomic mass is 10.7. The van der Waals surface area contributed by atoms with Gasteiger partial charge in [-0.15, -0.1) is 0 Å². The van der Waals surface area contributed by atoms with Crippen molar-refractivity contribution in [3.8, 4) is 0 Å². The van der Waals surface area contributed by atoms with Gasteiger partial charge in [0.15, 0.2) is 0 Å². The minimum Gasteiger partial charge on any atom is -0.245 e. The van der Waals surface area contributed by atoms with E-state index in [4.69, 9.17) is 0 Å². The van der Waals surface area contributed by atoms with Gasteiger partial charge >= 0.3 is 0 Å². The van der Waals surface area contributed by atoms with E-state index < -0.39 is 0 Å². The fourth-order valence-electron chi connectivity index (χ4n) is 0.349. The zero-order valence-corrected chi connectivity index (χ0v) is 6.65. The SMILES string of the molecule is CCN(C)N(C)CS. The maximum Gasteiger partial charge on any atom is 0.0556 e. The molecule has 0 aromatic rings. The van der Waals surface area contributed by atoms with E-state index in [1.54, 1.807) is 0 Å². The van der Waals surface area contributed by atoms with Gasteiger partial charge in [0, 0.05) is 20.6 Å². The third-order valence-electron chi connectivity index (χ3n) is 1.25. The summed E-state index contributed by atoms with van der Waals surface area (Å²) in [5.74, 6) is 0.782. The van der Waals surface area contributed by atoms with Crippen LogP contribution >= 0.6 is 12.6 Å². The molecular formula is C5H14N2S. The minimum absolute atomic E-state index is 0.782. The second-order valence-electron chi connectivity index (χ2n) is 1.77. The van der Waals surface area contributed by atoms with E-state index in [9.17, 15) is 0 Å². The van der Waals surface area contributed by atoms with Crippen LogP contribution in [0, 0.1) is 0 Å². The first kappa shape index (κ1) is 8.27. The van der Waals surface area contributed by atoms with Crippen molar-refractivity contribution in [3.63, 3.8) is 0 Å². The van der Waals surface area contributed by atoms with Crippen LogP contribution in [0.5, 0.6) is 0 Å². The van der Waals surface area contributed by atoms with E-state index in [2.05, 4.69) is 24.6 Å². The Morgan fingerprint density at radius 1 is 1.25 bits per heavy atom. The highest BCUT2D eigenvalue weighted by Gasteiger charge is 1.97. The zero-order valence-electron chi connectivity index (χ0n) is 5.76. The smallest absolute Gasteiger partial charge is 0.0556 e. The van der Waals surface area contributed by atoms with E-state index in [0.29, 0.717) is 0 Å². The lowest BCUT2D eigenvalue weighted by Crippen LogP contribution is -2.35. The number of hydrazine groups is 1. The van der Waals surface area contributed by atoms with Gasteiger partial charge in [-0.1, -0.05) is 6.92 Å². The van der Waals surface area contributed by atoms with Crippen LogP contribution in [0.4, 0.5) is 0 Å². The third-order valence-corrected chi connectivity index (χ3v) is 1.65. The fourth-order valence-corrected chi connectivity index (χ4v) is 0.565. The van der Waals surface area contributed by atoms with Gasteiger partial charge in [-0.25, -0.2) is 10.0 Å². The fraction of sp³-hybridized carbons (Fsp3) is 1.00. The lowest BCUT2D eigenvalue weighted by Gasteiger charge is -2.24. The standard InChI is InChI=1S/C5H14N2S/c1-4-6(2)7(3)5-8/h8H,4-5H2,1-3H3. The summed E-state index contributed by atoms with van der Waals surface area (Å²) in [5, 5.41) is 4.15. The topological polar surface area (TPSA) is 6.48 Å². The van der Waals surface area contributed by atoms with Gasteiger partial charge in [-0.05, 0) is 0 Å². The Hall–Kier alpha value is 0.270. The monoisotopic (exact) mass is 134 g/mol. The lowest BCUT2D eigenvalue weighted by molar-refractivity contribution is 0.0559. The minimum atomic E-state index is 0.782. The second kappa shape index (κ2) is 4.18. The predicted octanol–water partition coefficient (Wildman–Crippen LogP) is 0.672. The van der Waals surface area contributed by atoms with Crippen LogP contribution < -0.4 is 0 Å². The molecule has 0 aromatic heterocycles. The quantitative estimate of drug-likeness (QED) is 0.344. The zero-order chi connectivity index (χ0) is 6.57. The summed E-state index contributed by atoms with van der Waals surface area (Å²) in [6, 6.07) is 0. The van der Waals surface area contributed by atoms with Crippen LogP contribution in [0.15, 0.2) is 0 Å². The van der Waals surface area contributed by atoms with Gasteiger partial charge in [-0.2, -0.15) is 12.6 Å². The van der Waals surface area contributed by atoms with Crippen molar-refractivity contribution >= 4 is 12.6 Å². The molecule has 0 bridgehead atoms. The summed E-state index contributed by atoms with van der Waals surface area (Å²) in [4.78, 5) is 0. The summed E-state index contributed by atoms with van der Waals surface area (Å²) in [7, 11) is 4.05. The molecule has 0 aromatic carbocycles. The average molecular weight is 134 g/mol. The maximum absolute atomic E-state index is 4.09. The molecule has 0 heterocycles. The molecule has 8 heavy (non-hydrogen) atoms. The molecule has 0 fully saturated rings. The molecule has 0 aliphatic heterocycles. The summed E-state index contributed by atoms with van der Waals surface area (Å²) < 4.78 is 0. The Morgan fingerprint density at radius 2 is 1.75 bits per heavy atom. The van der Waals surface area contributed by atoms with Crippen molar-refractivity contribution in [2.24, 2.45) is 0 Å². The van der Waals surface area contributed by atoms with E-state index in [-0.39, 0.29) is 0 Å². The van der Waals surface area contributed by atoms with Crippen LogP contribution in [0.3, 0.4) is 0 Å². The van der Waals surface area contributed by atoms with Crippen LogP contribution in [0.1, 0.15) is 6.92 Å². The van der Waals surface area contributed by atoms with Gasteiger partial charge in [0.1, 0.15) is 0 Å². The van der Waals surface area contributed by atoms with Crippen LogP contribution in [0.25, 0.3) is 0 Å². The first-order valence-electron chi connectivity index (χ1n) is 2.75. The highest BCUT2D eigenvalue weighted by atomic mass is 32.1. The number of hydrogen-bond donors (Lipinski definition) is 1. The molecule has 0 saturated heterocycles. The van der Waals surface area contributed by atoms with Gasteiger partial charge in [0.25, 0.3) is 0 Å². The molecule has 0 aliphatic carbocycles. The second-order valence-corrected chi connectivity index (χ2v) is 2.06. The number of hydrogen-bond acceptors (Lipinski definition) is 3. The molecule has 0 amide bonds. The third kappa shape index (κ3) is 2.55. The van der Waals surface area contributed by atoms with Crippen LogP contribution in [0.2, 0.25) is 0 Å². The normalized spacial score (nSPS) is 11.2. The Labute approximate surface area is 56.8 Å².